The number of nitrogens with one attached hydrogen (secondary N) is 1. The summed E-state index contributed by atoms with van der Waals surface area (Å²) in [6.45, 7) is 1.49. The summed E-state index contributed by atoms with van der Waals surface area (Å²) in [6.07, 6.45) is 2.62. The first-order valence-electron chi connectivity index (χ1n) is 5.75. The second kappa shape index (κ2) is 7.03. The van der Waals surface area contributed by atoms with Gasteiger partial charge in [-0.2, -0.15) is 0 Å². The Bertz CT molecular complexity index is 553. The van der Waals surface area contributed by atoms with E-state index in [0.717, 1.165) is 0 Å². The van der Waals surface area contributed by atoms with Crippen molar-refractivity contribution in [3.8, 4) is 0 Å². The Morgan fingerprint density at radius 3 is 2.75 bits per heavy atom. The molecule has 1 aromatic rings. The Hall–Kier alpha value is -2.70. The normalized spacial score (nSPS) is 11.9. The highest BCUT2D eigenvalue weighted by molar-refractivity contribution is 5.94. The van der Waals surface area contributed by atoms with Crippen LogP contribution in [0.3, 0.4) is 0 Å². The van der Waals surface area contributed by atoms with Crippen molar-refractivity contribution in [2.45, 2.75) is 13.0 Å². The number of hydrogen-bond acceptors (Lipinski definition) is 5. The van der Waals surface area contributed by atoms with E-state index >= 15 is 0 Å². The molecule has 1 N–H and O–H groups in total. The predicted octanol–water partition coefficient (Wildman–Crippen LogP) is 1.29. The van der Waals surface area contributed by atoms with Gasteiger partial charge < -0.3 is 10.1 Å². The molecule has 0 aliphatic heterocycles. The second-order valence-corrected chi connectivity index (χ2v) is 3.94. The van der Waals surface area contributed by atoms with E-state index in [-0.39, 0.29) is 5.69 Å². The van der Waals surface area contributed by atoms with E-state index in [1.54, 1.807) is 6.07 Å². The van der Waals surface area contributed by atoms with Gasteiger partial charge in [-0.1, -0.05) is 12.1 Å². The number of amides is 1. The van der Waals surface area contributed by atoms with E-state index < -0.39 is 22.8 Å². The first kappa shape index (κ1) is 15.4. The molecule has 0 aromatic heterocycles. The second-order valence-electron chi connectivity index (χ2n) is 3.94. The summed E-state index contributed by atoms with van der Waals surface area (Å²) in [5.41, 5.74) is 0.454. The molecule has 0 aliphatic rings. The van der Waals surface area contributed by atoms with Crippen LogP contribution in [0.2, 0.25) is 0 Å². The van der Waals surface area contributed by atoms with Crippen LogP contribution in [0.25, 0.3) is 6.08 Å². The summed E-state index contributed by atoms with van der Waals surface area (Å²) in [6, 6.07) is 5.08. The molecule has 7 nitrogen and oxygen atoms in total. The molecule has 106 valence electrons. The molecule has 0 aliphatic carbocycles. The van der Waals surface area contributed by atoms with Crippen molar-refractivity contribution in [3.63, 3.8) is 0 Å². The van der Waals surface area contributed by atoms with Gasteiger partial charge in [0, 0.05) is 18.2 Å². The van der Waals surface area contributed by atoms with Crippen molar-refractivity contribution in [2.75, 3.05) is 7.11 Å². The highest BCUT2D eigenvalue weighted by Gasteiger charge is 2.13. The first-order chi connectivity index (χ1) is 9.43. The zero-order valence-corrected chi connectivity index (χ0v) is 11.0. The van der Waals surface area contributed by atoms with Gasteiger partial charge in [0.25, 0.3) is 5.69 Å². The molecule has 0 heterocycles. The van der Waals surface area contributed by atoms with Gasteiger partial charge in [0.05, 0.1) is 12.0 Å². The number of hydrogen-bond donors (Lipinski definition) is 1. The number of carbonyl (C=O) groups is 2. The van der Waals surface area contributed by atoms with Crippen LogP contribution in [0, 0.1) is 10.1 Å². The fraction of sp³-hybridized carbons (Fsp3) is 0.231. The molecule has 7 heteroatoms. The molecule has 1 rings (SSSR count). The van der Waals surface area contributed by atoms with Crippen molar-refractivity contribution in [3.05, 3.63) is 46.0 Å². The Labute approximate surface area is 115 Å². The van der Waals surface area contributed by atoms with E-state index in [4.69, 9.17) is 0 Å². The third-order valence-corrected chi connectivity index (χ3v) is 2.42. The Balaban J connectivity index is 2.68. The smallest absolute Gasteiger partial charge is 0.328 e. The van der Waals surface area contributed by atoms with Crippen molar-refractivity contribution in [2.24, 2.45) is 0 Å². The number of nitro groups is 1. The number of esters is 1. The van der Waals surface area contributed by atoms with Crippen LogP contribution in [0.5, 0.6) is 0 Å². The van der Waals surface area contributed by atoms with Crippen LogP contribution in [-0.4, -0.2) is 30.0 Å². The Kier molecular flexibility index (Phi) is 5.40. The maximum Gasteiger partial charge on any atom is 0.328 e. The average Bonchev–Trinajstić information content (AvgIpc) is 2.44. The van der Waals surface area contributed by atoms with E-state index in [9.17, 15) is 19.7 Å². The molecule has 0 radical (unpaired) electrons. The number of carbonyl (C=O) groups excluding carboxylic acids is 2. The lowest BCUT2D eigenvalue weighted by Crippen LogP contribution is -2.38. The van der Waals surface area contributed by atoms with Gasteiger partial charge >= 0.3 is 5.97 Å². The van der Waals surface area contributed by atoms with Crippen molar-refractivity contribution < 1.29 is 19.2 Å². The van der Waals surface area contributed by atoms with Gasteiger partial charge in [-0.05, 0) is 18.6 Å². The minimum absolute atomic E-state index is 0.0597. The van der Waals surface area contributed by atoms with Crippen LogP contribution in [0.1, 0.15) is 12.5 Å². The van der Waals surface area contributed by atoms with E-state index in [0.29, 0.717) is 5.56 Å². The van der Waals surface area contributed by atoms with Crippen LogP contribution in [0.15, 0.2) is 30.3 Å². The lowest BCUT2D eigenvalue weighted by Gasteiger charge is -2.09. The third-order valence-electron chi connectivity index (χ3n) is 2.42. The number of nitrogens with zero attached hydrogens (tertiary/aromatic N) is 1. The topological polar surface area (TPSA) is 98.5 Å². The monoisotopic (exact) mass is 278 g/mol. The standard InChI is InChI=1S/C13H14N2O5/c1-9(13(17)20-2)14-12(16)7-6-10-4-3-5-11(8-10)15(18)19/h3-9H,1-2H3,(H,14,16). The minimum Gasteiger partial charge on any atom is -0.467 e. The zero-order valence-electron chi connectivity index (χ0n) is 11.0. The van der Waals surface area contributed by atoms with Crippen LogP contribution in [0.4, 0.5) is 5.69 Å². The average molecular weight is 278 g/mol. The number of nitro benzene ring substituents is 1. The predicted molar refractivity (Wildman–Crippen MR) is 71.8 cm³/mol. The fourth-order valence-electron chi connectivity index (χ4n) is 1.41. The minimum atomic E-state index is -0.762. The maximum atomic E-state index is 11.5. The van der Waals surface area contributed by atoms with Crippen LogP contribution >= 0.6 is 0 Å². The van der Waals surface area contributed by atoms with Gasteiger partial charge in [0.2, 0.25) is 5.91 Å². The summed E-state index contributed by atoms with van der Waals surface area (Å²) in [5.74, 6) is -1.04. The van der Waals surface area contributed by atoms with Crippen LogP contribution in [-0.2, 0) is 14.3 Å². The van der Waals surface area contributed by atoms with Crippen LogP contribution < -0.4 is 5.32 Å². The molecule has 0 saturated heterocycles. The molecule has 1 atom stereocenters. The van der Waals surface area contributed by atoms with Gasteiger partial charge in [-0.25, -0.2) is 4.79 Å². The maximum absolute atomic E-state index is 11.5. The largest absolute Gasteiger partial charge is 0.467 e. The molecule has 0 fully saturated rings. The third kappa shape index (κ3) is 4.52. The number of benzene rings is 1. The molecule has 20 heavy (non-hydrogen) atoms. The van der Waals surface area contributed by atoms with E-state index in [1.165, 1.54) is 44.4 Å². The molecule has 0 spiro atoms. The number of rotatable bonds is 5. The quantitative estimate of drug-likeness (QED) is 0.378. The number of non-ortho nitro benzene ring substituents is 1. The SMILES string of the molecule is COC(=O)C(C)NC(=O)C=Cc1cccc([N+](=O)[O-])c1. The molecular weight excluding hydrogens is 264 g/mol. The lowest BCUT2D eigenvalue weighted by molar-refractivity contribution is -0.384. The summed E-state index contributed by atoms with van der Waals surface area (Å²) in [4.78, 5) is 32.7. The first-order valence-corrected chi connectivity index (χ1v) is 5.75. The van der Waals surface area contributed by atoms with Crippen molar-refractivity contribution >= 4 is 23.6 Å². The molecule has 1 amide bonds. The number of ether oxygens (including phenoxy) is 1. The molecule has 1 unspecified atom stereocenters. The van der Waals surface area contributed by atoms with Gasteiger partial charge in [0.1, 0.15) is 6.04 Å². The molecule has 1 aromatic carbocycles. The van der Waals surface area contributed by atoms with Crippen molar-refractivity contribution in [1.82, 2.24) is 5.32 Å². The van der Waals surface area contributed by atoms with E-state index in [1.807, 2.05) is 0 Å². The fourth-order valence-corrected chi connectivity index (χ4v) is 1.41. The highest BCUT2D eigenvalue weighted by atomic mass is 16.6. The molecular formula is C13H14N2O5. The zero-order chi connectivity index (χ0) is 15.1. The van der Waals surface area contributed by atoms with Gasteiger partial charge in [-0.15, -0.1) is 0 Å². The molecule has 0 saturated carbocycles. The Morgan fingerprint density at radius 1 is 1.45 bits per heavy atom. The summed E-state index contributed by atoms with van der Waals surface area (Å²) >= 11 is 0. The van der Waals surface area contributed by atoms with Crippen molar-refractivity contribution in [1.29, 1.82) is 0 Å². The van der Waals surface area contributed by atoms with Gasteiger partial charge in [-0.3, -0.25) is 14.9 Å². The summed E-state index contributed by atoms with van der Waals surface area (Å²) in [7, 11) is 1.23. The Morgan fingerprint density at radius 2 is 2.15 bits per heavy atom. The summed E-state index contributed by atoms with van der Waals surface area (Å²) < 4.78 is 4.47. The van der Waals surface area contributed by atoms with E-state index in [2.05, 4.69) is 10.1 Å². The highest BCUT2D eigenvalue weighted by Crippen LogP contribution is 2.13. The summed E-state index contributed by atoms with van der Waals surface area (Å²) in [5, 5.41) is 13.0. The number of methoxy groups -OCH3 is 1. The molecule has 0 bridgehead atoms. The van der Waals surface area contributed by atoms with Gasteiger partial charge in [0.15, 0.2) is 0 Å². The lowest BCUT2D eigenvalue weighted by atomic mass is 10.2.